The third-order valence-corrected chi connectivity index (χ3v) is 3.34. The zero-order valence-corrected chi connectivity index (χ0v) is 11.4. The van der Waals surface area contributed by atoms with Crippen LogP contribution in [0.3, 0.4) is 0 Å². The van der Waals surface area contributed by atoms with Gasteiger partial charge in [-0.1, -0.05) is 5.16 Å². The van der Waals surface area contributed by atoms with Crippen LogP contribution in [0.15, 0.2) is 23.4 Å². The lowest BCUT2D eigenvalue weighted by Gasteiger charge is -2.10. The number of nitrogens with one attached hydrogen (secondary N) is 1. The van der Waals surface area contributed by atoms with E-state index in [9.17, 15) is 4.79 Å². The average Bonchev–Trinajstić information content (AvgIpc) is 2.86. The summed E-state index contributed by atoms with van der Waals surface area (Å²) in [6.07, 6.45) is 1.96. The van der Waals surface area contributed by atoms with Crippen LogP contribution in [0.25, 0.3) is 0 Å². The fourth-order valence-electron chi connectivity index (χ4n) is 2.36. The molecule has 6 heteroatoms. The maximum atomic E-state index is 11.3. The molecule has 2 rings (SSSR count). The highest BCUT2D eigenvalue weighted by molar-refractivity contribution is 5.97. The molecule has 4 N–H and O–H groups in total. The van der Waals surface area contributed by atoms with Gasteiger partial charge in [-0.15, -0.1) is 0 Å². The summed E-state index contributed by atoms with van der Waals surface area (Å²) in [5.74, 6) is -0.0645. The maximum Gasteiger partial charge on any atom is 0.305 e. The van der Waals surface area contributed by atoms with Gasteiger partial charge in [-0.25, -0.2) is 0 Å². The van der Waals surface area contributed by atoms with Crippen molar-refractivity contribution in [1.82, 2.24) is 0 Å². The number of rotatable bonds is 5. The Bertz CT molecular complexity index is 528. The van der Waals surface area contributed by atoms with Crippen LogP contribution in [0, 0.1) is 0 Å². The number of hydrogen-bond acceptors (Lipinski definition) is 5. The molecule has 0 radical (unpaired) electrons. The topological polar surface area (TPSA) is 96.9 Å². The summed E-state index contributed by atoms with van der Waals surface area (Å²) >= 11 is 0. The van der Waals surface area contributed by atoms with Crippen molar-refractivity contribution in [1.29, 1.82) is 0 Å². The quantitative estimate of drug-likeness (QED) is 0.249. The number of fused-ring (bicyclic) bond motifs is 1. The average molecular weight is 277 g/mol. The van der Waals surface area contributed by atoms with Gasteiger partial charge < -0.3 is 21.0 Å². The molecule has 108 valence electrons. The fourth-order valence-corrected chi connectivity index (χ4v) is 2.36. The van der Waals surface area contributed by atoms with Gasteiger partial charge in [0.15, 0.2) is 5.84 Å². The second-order valence-corrected chi connectivity index (χ2v) is 4.75. The summed E-state index contributed by atoms with van der Waals surface area (Å²) in [4.78, 5) is 11.3. The van der Waals surface area contributed by atoms with Crippen LogP contribution in [0.1, 0.15) is 30.9 Å². The number of anilines is 1. The van der Waals surface area contributed by atoms with Gasteiger partial charge in [0, 0.05) is 23.7 Å². The molecule has 1 unspecified atom stereocenters. The number of hydrogen-bond donors (Lipinski definition) is 3. The van der Waals surface area contributed by atoms with Crippen molar-refractivity contribution >= 4 is 17.5 Å². The molecule has 1 aliphatic heterocycles. The third-order valence-electron chi connectivity index (χ3n) is 3.34. The molecule has 1 aliphatic rings. The highest BCUT2D eigenvalue weighted by atomic mass is 16.5. The monoisotopic (exact) mass is 277 g/mol. The molecule has 20 heavy (non-hydrogen) atoms. The molecule has 0 amide bonds. The molecule has 0 spiro atoms. The number of carbonyl (C=O) groups excluding carboxylic acids is 1. The highest BCUT2D eigenvalue weighted by Crippen LogP contribution is 2.28. The van der Waals surface area contributed by atoms with Crippen molar-refractivity contribution in [3.05, 3.63) is 29.3 Å². The Hall–Kier alpha value is -2.24. The van der Waals surface area contributed by atoms with E-state index in [2.05, 4.69) is 10.5 Å². The van der Waals surface area contributed by atoms with Gasteiger partial charge >= 0.3 is 5.97 Å². The SMILES string of the molecule is CCOC(=O)CCC1Cc2cc(/C(N)=N/O)ccc2N1. The van der Waals surface area contributed by atoms with Gasteiger partial charge in [-0.05, 0) is 43.5 Å². The van der Waals surface area contributed by atoms with E-state index in [0.29, 0.717) is 18.6 Å². The van der Waals surface area contributed by atoms with Crippen molar-refractivity contribution in [2.24, 2.45) is 10.9 Å². The number of oxime groups is 1. The summed E-state index contributed by atoms with van der Waals surface area (Å²) in [5.41, 5.74) is 8.42. The van der Waals surface area contributed by atoms with E-state index >= 15 is 0 Å². The second kappa shape index (κ2) is 6.27. The van der Waals surface area contributed by atoms with Crippen molar-refractivity contribution in [2.75, 3.05) is 11.9 Å². The Morgan fingerprint density at radius 3 is 3.10 bits per heavy atom. The van der Waals surface area contributed by atoms with Gasteiger partial charge in [0.2, 0.25) is 0 Å². The first-order chi connectivity index (χ1) is 9.63. The Morgan fingerprint density at radius 2 is 2.40 bits per heavy atom. The van der Waals surface area contributed by atoms with Crippen LogP contribution < -0.4 is 11.1 Å². The standard InChI is InChI=1S/C14H19N3O3/c1-2-20-13(18)6-4-11-8-10-7-9(14(15)17-19)3-5-12(10)16-11/h3,5,7,11,16,19H,2,4,6,8H2,1H3,(H2,15,17). The minimum absolute atomic E-state index is 0.0998. The molecule has 1 aromatic rings. The normalized spacial score (nSPS) is 17.4. The maximum absolute atomic E-state index is 11.3. The number of esters is 1. The van der Waals surface area contributed by atoms with E-state index in [0.717, 1.165) is 24.1 Å². The lowest BCUT2D eigenvalue weighted by Crippen LogP contribution is -2.17. The Morgan fingerprint density at radius 1 is 1.60 bits per heavy atom. The van der Waals surface area contributed by atoms with E-state index in [1.54, 1.807) is 13.0 Å². The smallest absolute Gasteiger partial charge is 0.305 e. The number of nitrogens with zero attached hydrogens (tertiary/aromatic N) is 1. The van der Waals surface area contributed by atoms with Crippen LogP contribution in [-0.2, 0) is 16.0 Å². The molecular weight excluding hydrogens is 258 g/mol. The minimum atomic E-state index is -0.164. The number of ether oxygens (including phenoxy) is 1. The number of carbonyl (C=O) groups is 1. The van der Waals surface area contributed by atoms with Crippen LogP contribution >= 0.6 is 0 Å². The largest absolute Gasteiger partial charge is 0.466 e. The molecule has 0 aliphatic carbocycles. The fraction of sp³-hybridized carbons (Fsp3) is 0.429. The summed E-state index contributed by atoms with van der Waals surface area (Å²) in [7, 11) is 0. The minimum Gasteiger partial charge on any atom is -0.466 e. The van der Waals surface area contributed by atoms with E-state index in [1.165, 1.54) is 0 Å². The molecule has 0 saturated heterocycles. The molecule has 1 heterocycles. The van der Waals surface area contributed by atoms with E-state index in [-0.39, 0.29) is 17.8 Å². The number of benzene rings is 1. The Labute approximate surface area is 117 Å². The zero-order chi connectivity index (χ0) is 14.5. The Kier molecular flexibility index (Phi) is 4.45. The summed E-state index contributed by atoms with van der Waals surface area (Å²) in [5, 5.41) is 15.0. The van der Waals surface area contributed by atoms with Crippen molar-refractivity contribution in [3.8, 4) is 0 Å². The van der Waals surface area contributed by atoms with E-state index in [1.807, 2.05) is 12.1 Å². The zero-order valence-electron chi connectivity index (χ0n) is 11.4. The molecule has 1 atom stereocenters. The van der Waals surface area contributed by atoms with Crippen LogP contribution in [-0.4, -0.2) is 29.7 Å². The molecular formula is C14H19N3O3. The lowest BCUT2D eigenvalue weighted by atomic mass is 10.0. The van der Waals surface area contributed by atoms with Gasteiger partial charge in [0.1, 0.15) is 0 Å². The molecule has 0 aromatic heterocycles. The number of amidine groups is 1. The van der Waals surface area contributed by atoms with Gasteiger partial charge in [0.05, 0.1) is 6.61 Å². The van der Waals surface area contributed by atoms with Crippen molar-refractivity contribution in [2.45, 2.75) is 32.2 Å². The summed E-state index contributed by atoms with van der Waals surface area (Å²) < 4.78 is 4.92. The predicted molar refractivity (Wildman–Crippen MR) is 75.9 cm³/mol. The summed E-state index contributed by atoms with van der Waals surface area (Å²) in [6.45, 7) is 2.22. The van der Waals surface area contributed by atoms with Crippen molar-refractivity contribution < 1.29 is 14.7 Å². The first-order valence-corrected chi connectivity index (χ1v) is 6.67. The third kappa shape index (κ3) is 3.20. The summed E-state index contributed by atoms with van der Waals surface area (Å²) in [6, 6.07) is 5.83. The molecule has 0 fully saturated rings. The molecule has 1 aromatic carbocycles. The van der Waals surface area contributed by atoms with Crippen LogP contribution in [0.2, 0.25) is 0 Å². The van der Waals surface area contributed by atoms with E-state index in [4.69, 9.17) is 15.7 Å². The van der Waals surface area contributed by atoms with E-state index < -0.39 is 0 Å². The van der Waals surface area contributed by atoms with Crippen LogP contribution in [0.5, 0.6) is 0 Å². The first-order valence-electron chi connectivity index (χ1n) is 6.67. The molecule has 0 bridgehead atoms. The van der Waals surface area contributed by atoms with Gasteiger partial charge in [-0.3, -0.25) is 4.79 Å². The first kappa shape index (κ1) is 14.2. The Balaban J connectivity index is 1.96. The van der Waals surface area contributed by atoms with Gasteiger partial charge in [0.25, 0.3) is 0 Å². The molecule has 6 nitrogen and oxygen atoms in total. The van der Waals surface area contributed by atoms with Gasteiger partial charge in [-0.2, -0.15) is 0 Å². The lowest BCUT2D eigenvalue weighted by molar-refractivity contribution is -0.143. The molecule has 0 saturated carbocycles. The van der Waals surface area contributed by atoms with Crippen LogP contribution in [0.4, 0.5) is 5.69 Å². The van der Waals surface area contributed by atoms with Crippen molar-refractivity contribution in [3.63, 3.8) is 0 Å². The number of nitrogens with two attached hydrogens (primary N) is 1. The second-order valence-electron chi connectivity index (χ2n) is 4.75. The predicted octanol–water partition coefficient (Wildman–Crippen LogP) is 1.46. The highest BCUT2D eigenvalue weighted by Gasteiger charge is 2.22.